The molecule has 2 aromatic rings. The van der Waals surface area contributed by atoms with Crippen molar-refractivity contribution in [2.24, 2.45) is 0 Å². The second-order valence-electron chi connectivity index (χ2n) is 5.84. The number of hydrogen-bond acceptors (Lipinski definition) is 3. The first kappa shape index (κ1) is 14.8. The van der Waals surface area contributed by atoms with Gasteiger partial charge >= 0.3 is 0 Å². The van der Waals surface area contributed by atoms with E-state index in [2.05, 4.69) is 34.8 Å². The van der Waals surface area contributed by atoms with Crippen molar-refractivity contribution in [2.45, 2.75) is 31.8 Å². The van der Waals surface area contributed by atoms with Crippen LogP contribution in [0.1, 0.15) is 24.0 Å². The number of nitrogens with one attached hydrogen (secondary N) is 2. The topological polar surface area (TPSA) is 59.0 Å². The molecule has 0 bridgehead atoms. The summed E-state index contributed by atoms with van der Waals surface area (Å²) in [6.45, 7) is 4.28. The Labute approximate surface area is 130 Å². The van der Waals surface area contributed by atoms with E-state index < -0.39 is 5.54 Å². The summed E-state index contributed by atoms with van der Waals surface area (Å²) in [6.07, 6.45) is 5.14. The smallest absolute Gasteiger partial charge is 0.248 e. The predicted octanol–water partition coefficient (Wildman–Crippen LogP) is 1.59. The van der Waals surface area contributed by atoms with E-state index in [4.69, 9.17) is 0 Å². The number of benzene rings is 1. The van der Waals surface area contributed by atoms with Crippen molar-refractivity contribution >= 4 is 5.91 Å². The molecule has 1 saturated heterocycles. The Morgan fingerprint density at radius 1 is 1.32 bits per heavy atom. The Hall–Kier alpha value is -2.14. The fourth-order valence-corrected chi connectivity index (χ4v) is 3.07. The minimum absolute atomic E-state index is 0.0564. The molecule has 116 valence electrons. The first-order valence-corrected chi connectivity index (χ1v) is 7.76. The number of hydrogen-bond donors (Lipinski definition) is 2. The Morgan fingerprint density at radius 3 is 2.77 bits per heavy atom. The van der Waals surface area contributed by atoms with Crippen molar-refractivity contribution in [3.05, 3.63) is 53.9 Å². The molecule has 0 atom stereocenters. The second-order valence-corrected chi connectivity index (χ2v) is 5.84. The highest BCUT2D eigenvalue weighted by atomic mass is 16.2. The molecule has 5 nitrogen and oxygen atoms in total. The zero-order valence-corrected chi connectivity index (χ0v) is 12.9. The maximum absolute atomic E-state index is 12.9. The highest BCUT2D eigenvalue weighted by Crippen LogP contribution is 2.27. The van der Waals surface area contributed by atoms with Crippen LogP contribution in [0.15, 0.2) is 42.7 Å². The Morgan fingerprint density at radius 2 is 2.09 bits per heavy atom. The number of carbonyl (C=O) groups excluding carboxylic acids is 1. The SMILES string of the molecule is Cc1ccccc1CNC(=O)C1(n2cccn2)CCNCC1. The quantitative estimate of drug-likeness (QED) is 0.901. The third kappa shape index (κ3) is 2.76. The molecule has 0 saturated carbocycles. The van der Waals surface area contributed by atoms with E-state index in [1.54, 1.807) is 6.20 Å². The molecule has 5 heteroatoms. The molecule has 1 aromatic heterocycles. The average molecular weight is 298 g/mol. The van der Waals surface area contributed by atoms with Gasteiger partial charge in [-0.1, -0.05) is 24.3 Å². The highest BCUT2D eigenvalue weighted by Gasteiger charge is 2.41. The molecule has 22 heavy (non-hydrogen) atoms. The number of nitrogens with zero attached hydrogens (tertiary/aromatic N) is 2. The van der Waals surface area contributed by atoms with E-state index in [-0.39, 0.29) is 5.91 Å². The van der Waals surface area contributed by atoms with Gasteiger partial charge in [-0.25, -0.2) is 0 Å². The van der Waals surface area contributed by atoms with Crippen molar-refractivity contribution in [1.82, 2.24) is 20.4 Å². The van der Waals surface area contributed by atoms with Crippen LogP contribution in [0.2, 0.25) is 0 Å². The van der Waals surface area contributed by atoms with E-state index in [0.29, 0.717) is 6.54 Å². The lowest BCUT2D eigenvalue weighted by Crippen LogP contribution is -2.54. The molecular weight excluding hydrogens is 276 g/mol. The van der Waals surface area contributed by atoms with E-state index >= 15 is 0 Å². The van der Waals surface area contributed by atoms with Crippen LogP contribution < -0.4 is 10.6 Å². The molecular formula is C17H22N4O. The predicted molar refractivity (Wildman–Crippen MR) is 85.3 cm³/mol. The van der Waals surface area contributed by atoms with Crippen molar-refractivity contribution in [1.29, 1.82) is 0 Å². The maximum atomic E-state index is 12.9. The van der Waals surface area contributed by atoms with Gasteiger partial charge in [-0.2, -0.15) is 5.10 Å². The van der Waals surface area contributed by atoms with Crippen LogP contribution in [0.3, 0.4) is 0 Å². The lowest BCUT2D eigenvalue weighted by Gasteiger charge is -2.36. The van der Waals surface area contributed by atoms with E-state index in [1.807, 2.05) is 29.1 Å². The summed E-state index contributed by atoms with van der Waals surface area (Å²) in [7, 11) is 0. The molecule has 1 amide bonds. The van der Waals surface area contributed by atoms with E-state index in [9.17, 15) is 4.79 Å². The standard InChI is InChI=1S/C17H22N4O/c1-14-5-2-3-6-15(14)13-19-16(22)17(7-10-18-11-8-17)21-12-4-9-20-21/h2-6,9,12,18H,7-8,10-11,13H2,1H3,(H,19,22). The van der Waals surface area contributed by atoms with Gasteiger partial charge in [-0.05, 0) is 50.0 Å². The molecule has 0 unspecified atom stereocenters. The Kier molecular flexibility index (Phi) is 4.24. The molecule has 0 radical (unpaired) electrons. The molecule has 1 aromatic carbocycles. The molecule has 3 rings (SSSR count). The molecule has 2 N–H and O–H groups in total. The van der Waals surface area contributed by atoms with Crippen molar-refractivity contribution in [3.8, 4) is 0 Å². The van der Waals surface area contributed by atoms with E-state index in [0.717, 1.165) is 31.5 Å². The maximum Gasteiger partial charge on any atom is 0.248 e. The van der Waals surface area contributed by atoms with Crippen LogP contribution in [0, 0.1) is 6.92 Å². The number of rotatable bonds is 4. The van der Waals surface area contributed by atoms with Crippen LogP contribution >= 0.6 is 0 Å². The minimum atomic E-state index is -0.572. The lowest BCUT2D eigenvalue weighted by atomic mass is 9.87. The molecule has 1 fully saturated rings. The van der Waals surface area contributed by atoms with E-state index in [1.165, 1.54) is 5.56 Å². The highest BCUT2D eigenvalue weighted by molar-refractivity contribution is 5.84. The lowest BCUT2D eigenvalue weighted by molar-refractivity contribution is -0.132. The average Bonchev–Trinajstić information content (AvgIpc) is 3.09. The molecule has 0 aliphatic carbocycles. The van der Waals surface area contributed by atoms with Gasteiger partial charge < -0.3 is 10.6 Å². The summed E-state index contributed by atoms with van der Waals surface area (Å²) in [5.41, 5.74) is 1.78. The summed E-state index contributed by atoms with van der Waals surface area (Å²) in [4.78, 5) is 12.9. The Balaban J connectivity index is 1.77. The van der Waals surface area contributed by atoms with Gasteiger partial charge in [0.05, 0.1) is 0 Å². The van der Waals surface area contributed by atoms with Gasteiger partial charge in [-0.3, -0.25) is 9.48 Å². The van der Waals surface area contributed by atoms with Crippen molar-refractivity contribution in [2.75, 3.05) is 13.1 Å². The van der Waals surface area contributed by atoms with Gasteiger partial charge in [0.1, 0.15) is 5.54 Å². The molecule has 2 heterocycles. The number of amides is 1. The first-order valence-electron chi connectivity index (χ1n) is 7.76. The monoisotopic (exact) mass is 298 g/mol. The normalized spacial score (nSPS) is 17.1. The summed E-state index contributed by atoms with van der Waals surface area (Å²) >= 11 is 0. The minimum Gasteiger partial charge on any atom is -0.350 e. The second kappa shape index (κ2) is 6.32. The Bertz CT molecular complexity index is 630. The van der Waals surface area contributed by atoms with Crippen LogP contribution in [0.4, 0.5) is 0 Å². The van der Waals surface area contributed by atoms with Crippen LogP contribution in [0.5, 0.6) is 0 Å². The number of aromatic nitrogens is 2. The zero-order chi connectivity index (χ0) is 15.4. The van der Waals surface area contributed by atoms with Crippen LogP contribution in [-0.2, 0) is 16.9 Å². The number of piperidine rings is 1. The summed E-state index contributed by atoms with van der Waals surface area (Å²) in [5.74, 6) is 0.0564. The van der Waals surface area contributed by atoms with Gasteiger partial charge in [0.2, 0.25) is 5.91 Å². The zero-order valence-electron chi connectivity index (χ0n) is 12.9. The summed E-state index contributed by atoms with van der Waals surface area (Å²) in [5, 5.41) is 10.8. The number of aryl methyl sites for hydroxylation is 1. The number of carbonyl (C=O) groups is 1. The summed E-state index contributed by atoms with van der Waals surface area (Å²) < 4.78 is 1.82. The third-order valence-electron chi connectivity index (χ3n) is 4.50. The van der Waals surface area contributed by atoms with Gasteiger partial charge in [-0.15, -0.1) is 0 Å². The van der Waals surface area contributed by atoms with Gasteiger partial charge in [0.15, 0.2) is 0 Å². The first-order chi connectivity index (χ1) is 10.7. The molecule has 1 aliphatic heterocycles. The molecule has 0 spiro atoms. The summed E-state index contributed by atoms with van der Waals surface area (Å²) in [6, 6.07) is 10.0. The van der Waals surface area contributed by atoms with Gasteiger partial charge in [0.25, 0.3) is 0 Å². The van der Waals surface area contributed by atoms with Crippen LogP contribution in [0.25, 0.3) is 0 Å². The fraction of sp³-hybridized carbons (Fsp3) is 0.412. The largest absolute Gasteiger partial charge is 0.350 e. The van der Waals surface area contributed by atoms with Crippen LogP contribution in [-0.4, -0.2) is 28.8 Å². The molecule has 1 aliphatic rings. The third-order valence-corrected chi connectivity index (χ3v) is 4.50. The van der Waals surface area contributed by atoms with Crippen molar-refractivity contribution < 1.29 is 4.79 Å². The van der Waals surface area contributed by atoms with Crippen molar-refractivity contribution in [3.63, 3.8) is 0 Å². The van der Waals surface area contributed by atoms with Gasteiger partial charge in [0, 0.05) is 18.9 Å². The fourth-order valence-electron chi connectivity index (χ4n) is 3.07.